The third kappa shape index (κ3) is 5.84. The molecule has 0 radical (unpaired) electrons. The first-order chi connectivity index (χ1) is 13.0. The molecule has 1 aromatic heterocycles. The van der Waals surface area contributed by atoms with Crippen LogP contribution in [0.2, 0.25) is 0 Å². The maximum atomic E-state index is 12.3. The lowest BCUT2D eigenvalue weighted by Gasteiger charge is -2.09. The summed E-state index contributed by atoms with van der Waals surface area (Å²) in [6.45, 7) is 4.72. The number of nitrogens with one attached hydrogen (secondary N) is 1. The number of H-pyrrole nitrogens is 1. The number of rotatable bonds is 7. The minimum atomic E-state index is -0.0866. The lowest BCUT2D eigenvalue weighted by Crippen LogP contribution is -2.17. The van der Waals surface area contributed by atoms with Crippen molar-refractivity contribution in [2.75, 3.05) is 12.4 Å². The highest BCUT2D eigenvalue weighted by molar-refractivity contribution is 14.1. The Morgan fingerprint density at radius 3 is 2.52 bits per heavy atom. The van der Waals surface area contributed by atoms with Gasteiger partial charge in [0.05, 0.1) is 12.3 Å². The molecule has 0 unspecified atom stereocenters. The van der Waals surface area contributed by atoms with Gasteiger partial charge in [0.2, 0.25) is 0 Å². The van der Waals surface area contributed by atoms with Crippen molar-refractivity contribution in [2.45, 2.75) is 25.4 Å². The van der Waals surface area contributed by atoms with Gasteiger partial charge in [-0.05, 0) is 54.1 Å². The second kappa shape index (κ2) is 9.41. The number of nitrogens with zero attached hydrogens (tertiary/aromatic N) is 1. The Morgan fingerprint density at radius 2 is 1.81 bits per heavy atom. The molecule has 0 aliphatic rings. The fourth-order valence-electron chi connectivity index (χ4n) is 2.85. The van der Waals surface area contributed by atoms with Crippen LogP contribution in [0.15, 0.2) is 58.5 Å². The van der Waals surface area contributed by atoms with Crippen molar-refractivity contribution in [2.24, 2.45) is 0 Å². The Bertz CT molecular complexity index is 953. The molecule has 27 heavy (non-hydrogen) atoms. The number of hydrogen-bond acceptors (Lipinski definition) is 4. The summed E-state index contributed by atoms with van der Waals surface area (Å²) in [6, 6.07) is 16.1. The van der Waals surface area contributed by atoms with Crippen LogP contribution in [-0.2, 0) is 6.42 Å². The van der Waals surface area contributed by atoms with Crippen molar-refractivity contribution < 1.29 is 4.74 Å². The first-order valence-corrected chi connectivity index (χ1v) is 10.7. The fourth-order valence-corrected chi connectivity index (χ4v) is 3.99. The number of hydrogen-bond donors (Lipinski definition) is 1. The number of benzene rings is 2. The van der Waals surface area contributed by atoms with Crippen LogP contribution in [0.4, 0.5) is 0 Å². The minimum Gasteiger partial charge on any atom is -0.493 e. The number of ether oxygens (including phenoxy) is 1. The van der Waals surface area contributed by atoms with Gasteiger partial charge in [0, 0.05) is 12.2 Å². The molecule has 0 aliphatic carbocycles. The van der Waals surface area contributed by atoms with E-state index >= 15 is 0 Å². The highest BCUT2D eigenvalue weighted by atomic mass is 127. The Labute approximate surface area is 176 Å². The van der Waals surface area contributed by atoms with Crippen LogP contribution in [0.3, 0.4) is 0 Å². The van der Waals surface area contributed by atoms with Crippen molar-refractivity contribution in [3.05, 3.63) is 84.8 Å². The SMILES string of the molecule is Cc1cc(C)cc(Cc2nc(SCCOc3ccccc3)[nH]c(=O)c2I)c1. The number of thioether (sulfide) groups is 1. The van der Waals surface area contributed by atoms with Crippen LogP contribution in [0.1, 0.15) is 22.4 Å². The van der Waals surface area contributed by atoms with Gasteiger partial charge < -0.3 is 9.72 Å². The monoisotopic (exact) mass is 492 g/mol. The summed E-state index contributed by atoms with van der Waals surface area (Å²) in [7, 11) is 0. The summed E-state index contributed by atoms with van der Waals surface area (Å²) >= 11 is 3.58. The molecule has 1 heterocycles. The van der Waals surface area contributed by atoms with Crippen LogP contribution in [0.5, 0.6) is 5.75 Å². The van der Waals surface area contributed by atoms with Crippen LogP contribution in [0, 0.1) is 17.4 Å². The second-order valence-corrected chi connectivity index (χ2v) is 8.48. The zero-order valence-corrected chi connectivity index (χ0v) is 18.3. The van der Waals surface area contributed by atoms with Crippen LogP contribution in [-0.4, -0.2) is 22.3 Å². The summed E-state index contributed by atoms with van der Waals surface area (Å²) < 4.78 is 6.34. The molecule has 2 aromatic carbocycles. The highest BCUT2D eigenvalue weighted by Gasteiger charge is 2.11. The lowest BCUT2D eigenvalue weighted by molar-refractivity contribution is 0.344. The zero-order valence-electron chi connectivity index (χ0n) is 15.3. The Balaban J connectivity index is 1.67. The molecule has 0 aliphatic heterocycles. The summed E-state index contributed by atoms with van der Waals surface area (Å²) in [5.74, 6) is 1.55. The third-order valence-corrected chi connectivity index (χ3v) is 5.85. The molecular formula is C21H21IN2O2S. The van der Waals surface area contributed by atoms with Crippen molar-refractivity contribution >= 4 is 34.4 Å². The highest BCUT2D eigenvalue weighted by Crippen LogP contribution is 2.18. The molecule has 0 saturated heterocycles. The zero-order chi connectivity index (χ0) is 19.2. The molecule has 0 atom stereocenters. The van der Waals surface area contributed by atoms with E-state index in [-0.39, 0.29) is 5.56 Å². The third-order valence-electron chi connectivity index (χ3n) is 3.90. The molecule has 140 valence electrons. The average Bonchev–Trinajstić information content (AvgIpc) is 2.63. The van der Waals surface area contributed by atoms with Gasteiger partial charge in [-0.25, -0.2) is 4.98 Å². The number of aromatic nitrogens is 2. The van der Waals surface area contributed by atoms with Gasteiger partial charge >= 0.3 is 0 Å². The smallest absolute Gasteiger partial charge is 0.265 e. The van der Waals surface area contributed by atoms with Crippen molar-refractivity contribution in [1.29, 1.82) is 0 Å². The lowest BCUT2D eigenvalue weighted by atomic mass is 10.0. The molecule has 0 bridgehead atoms. The maximum Gasteiger partial charge on any atom is 0.265 e. The van der Waals surface area contributed by atoms with E-state index in [1.165, 1.54) is 28.5 Å². The molecular weight excluding hydrogens is 471 g/mol. The summed E-state index contributed by atoms with van der Waals surface area (Å²) in [5, 5.41) is 0.636. The predicted molar refractivity (Wildman–Crippen MR) is 119 cm³/mol. The number of aryl methyl sites for hydroxylation is 2. The Morgan fingerprint density at radius 1 is 1.11 bits per heavy atom. The largest absolute Gasteiger partial charge is 0.493 e. The van der Waals surface area contributed by atoms with Crippen molar-refractivity contribution in [1.82, 2.24) is 9.97 Å². The van der Waals surface area contributed by atoms with E-state index in [1.54, 1.807) is 0 Å². The van der Waals surface area contributed by atoms with E-state index in [9.17, 15) is 4.79 Å². The van der Waals surface area contributed by atoms with E-state index in [2.05, 4.69) is 64.6 Å². The first-order valence-electron chi connectivity index (χ1n) is 8.68. The number of para-hydroxylation sites is 1. The average molecular weight is 492 g/mol. The van der Waals surface area contributed by atoms with Gasteiger partial charge in [-0.15, -0.1) is 0 Å². The van der Waals surface area contributed by atoms with E-state index in [0.717, 1.165) is 11.4 Å². The van der Waals surface area contributed by atoms with Crippen LogP contribution >= 0.6 is 34.4 Å². The quantitative estimate of drug-likeness (QED) is 0.224. The second-order valence-electron chi connectivity index (χ2n) is 6.31. The van der Waals surface area contributed by atoms with Gasteiger partial charge in [0.15, 0.2) is 5.16 Å². The topological polar surface area (TPSA) is 55.0 Å². The number of halogens is 1. The van der Waals surface area contributed by atoms with Gasteiger partial charge in [-0.2, -0.15) is 0 Å². The van der Waals surface area contributed by atoms with E-state index in [1.807, 2.05) is 30.3 Å². The van der Waals surface area contributed by atoms with Crippen LogP contribution < -0.4 is 10.3 Å². The van der Waals surface area contributed by atoms with Gasteiger partial charge in [0.25, 0.3) is 5.56 Å². The molecule has 6 heteroatoms. The van der Waals surface area contributed by atoms with Gasteiger partial charge in [0.1, 0.15) is 9.32 Å². The van der Waals surface area contributed by atoms with Crippen molar-refractivity contribution in [3.8, 4) is 5.75 Å². The first kappa shape index (κ1) is 19.9. The van der Waals surface area contributed by atoms with E-state index < -0.39 is 0 Å². The molecule has 3 aromatic rings. The fraction of sp³-hybridized carbons (Fsp3) is 0.238. The van der Waals surface area contributed by atoms with Gasteiger partial charge in [-0.1, -0.05) is 59.3 Å². The molecule has 0 saturated carbocycles. The predicted octanol–water partition coefficient (Wildman–Crippen LogP) is 4.75. The van der Waals surface area contributed by atoms with Gasteiger partial charge in [-0.3, -0.25) is 4.79 Å². The van der Waals surface area contributed by atoms with E-state index in [0.29, 0.717) is 27.5 Å². The summed E-state index contributed by atoms with van der Waals surface area (Å²) in [4.78, 5) is 19.8. The normalized spacial score (nSPS) is 10.8. The Hall–Kier alpha value is -1.80. The number of aromatic amines is 1. The summed E-state index contributed by atoms with van der Waals surface area (Å²) in [5.41, 5.74) is 4.34. The standard InChI is InChI=1S/C21H21IN2O2S/c1-14-10-15(2)12-16(11-14)13-18-19(22)20(25)24-21(23-18)27-9-8-26-17-6-4-3-5-7-17/h3-7,10-12H,8-9,13H2,1-2H3,(H,23,24,25). The summed E-state index contributed by atoms with van der Waals surface area (Å²) in [6.07, 6.45) is 0.652. The van der Waals surface area contributed by atoms with Crippen LogP contribution in [0.25, 0.3) is 0 Å². The molecule has 0 amide bonds. The molecule has 0 spiro atoms. The maximum absolute atomic E-state index is 12.3. The molecule has 0 fully saturated rings. The molecule has 3 rings (SSSR count). The van der Waals surface area contributed by atoms with E-state index in [4.69, 9.17) is 4.74 Å². The molecule has 1 N–H and O–H groups in total. The van der Waals surface area contributed by atoms with Crippen molar-refractivity contribution in [3.63, 3.8) is 0 Å². The Kier molecular flexibility index (Phi) is 6.95. The molecule has 4 nitrogen and oxygen atoms in total. The minimum absolute atomic E-state index is 0.0866.